The first kappa shape index (κ1) is 17.2. The van der Waals surface area contributed by atoms with Crippen LogP contribution in [0.4, 0.5) is 5.82 Å². The van der Waals surface area contributed by atoms with Gasteiger partial charge in [0.05, 0.1) is 35.9 Å². The number of carbonyl (C=O) groups excluding carboxylic acids is 1. The molecular weight excluding hydrogens is 356 g/mol. The molecule has 28 heavy (non-hydrogen) atoms. The third-order valence-corrected chi connectivity index (χ3v) is 6.34. The molecule has 9 nitrogen and oxygen atoms in total. The van der Waals surface area contributed by atoms with Gasteiger partial charge in [-0.1, -0.05) is 0 Å². The molecule has 2 unspecified atom stereocenters. The minimum atomic E-state index is -0.185. The number of aryl methyl sites for hydroxylation is 2. The van der Waals surface area contributed by atoms with Crippen LogP contribution in [0.1, 0.15) is 31.4 Å². The Labute approximate surface area is 162 Å². The molecular formula is C19H24N8O. The molecule has 146 valence electrons. The highest BCUT2D eigenvalue weighted by molar-refractivity contribution is 5.87. The maximum Gasteiger partial charge on any atom is 0.226 e. The van der Waals surface area contributed by atoms with Crippen LogP contribution in [-0.4, -0.2) is 53.3 Å². The standard InChI is InChI=1S/C19H24N8O/c1-25-12-20-9-13(25)8-16(28)24-19-5-3-4-15(19)27(7-6-19)18-14-10-23-26(2)17(14)21-11-22-18/h9-12,15H,3-8H2,1-2H3,(H,24,28). The average Bonchev–Trinajstić information content (AvgIpc) is 3.41. The van der Waals surface area contributed by atoms with Gasteiger partial charge in [0, 0.05) is 32.5 Å². The van der Waals surface area contributed by atoms with Crippen LogP contribution in [0.25, 0.3) is 11.0 Å². The van der Waals surface area contributed by atoms with Gasteiger partial charge < -0.3 is 14.8 Å². The lowest BCUT2D eigenvalue weighted by molar-refractivity contribution is -0.122. The monoisotopic (exact) mass is 380 g/mol. The summed E-state index contributed by atoms with van der Waals surface area (Å²) in [7, 11) is 3.81. The number of carbonyl (C=O) groups is 1. The zero-order valence-electron chi connectivity index (χ0n) is 16.2. The first-order valence-electron chi connectivity index (χ1n) is 9.73. The number of rotatable bonds is 4. The number of hydrogen-bond donors (Lipinski definition) is 1. The first-order chi connectivity index (χ1) is 13.6. The van der Waals surface area contributed by atoms with Crippen LogP contribution in [0.5, 0.6) is 0 Å². The fraction of sp³-hybridized carbons (Fsp3) is 0.526. The summed E-state index contributed by atoms with van der Waals surface area (Å²) in [5, 5.41) is 8.69. The Morgan fingerprint density at radius 1 is 1.29 bits per heavy atom. The second kappa shape index (κ2) is 6.29. The third-order valence-electron chi connectivity index (χ3n) is 6.34. The molecule has 1 N–H and O–H groups in total. The molecule has 2 fully saturated rings. The number of hydrogen-bond acceptors (Lipinski definition) is 6. The van der Waals surface area contributed by atoms with E-state index in [1.807, 2.05) is 24.9 Å². The van der Waals surface area contributed by atoms with Crippen molar-refractivity contribution in [3.8, 4) is 0 Å². The Morgan fingerprint density at radius 2 is 2.18 bits per heavy atom. The number of imidazole rings is 1. The molecule has 2 atom stereocenters. The van der Waals surface area contributed by atoms with Crippen molar-refractivity contribution < 1.29 is 4.79 Å². The van der Waals surface area contributed by atoms with Crippen LogP contribution in [0.3, 0.4) is 0 Å². The van der Waals surface area contributed by atoms with E-state index < -0.39 is 0 Å². The molecule has 1 amide bonds. The number of nitrogens with one attached hydrogen (secondary N) is 1. The lowest BCUT2D eigenvalue weighted by Crippen LogP contribution is -2.54. The third kappa shape index (κ3) is 2.56. The largest absolute Gasteiger partial charge is 0.350 e. The van der Waals surface area contributed by atoms with E-state index in [-0.39, 0.29) is 17.5 Å². The molecule has 3 aromatic rings. The number of nitrogens with zero attached hydrogens (tertiary/aromatic N) is 7. The maximum atomic E-state index is 12.8. The fourth-order valence-electron chi connectivity index (χ4n) is 4.96. The van der Waals surface area contributed by atoms with E-state index in [0.29, 0.717) is 6.42 Å². The normalized spacial score (nSPS) is 24.1. The molecule has 1 saturated carbocycles. The summed E-state index contributed by atoms with van der Waals surface area (Å²) in [5.41, 5.74) is 1.57. The summed E-state index contributed by atoms with van der Waals surface area (Å²) in [6, 6.07) is 0.251. The number of amides is 1. The van der Waals surface area contributed by atoms with Crippen LogP contribution in [0.15, 0.2) is 25.0 Å². The van der Waals surface area contributed by atoms with Gasteiger partial charge in [0.1, 0.15) is 12.1 Å². The van der Waals surface area contributed by atoms with Gasteiger partial charge in [-0.05, 0) is 25.7 Å². The number of anilines is 1. The van der Waals surface area contributed by atoms with Crippen LogP contribution in [0.2, 0.25) is 0 Å². The van der Waals surface area contributed by atoms with E-state index in [4.69, 9.17) is 0 Å². The highest BCUT2D eigenvalue weighted by Gasteiger charge is 2.52. The summed E-state index contributed by atoms with van der Waals surface area (Å²) in [4.78, 5) is 28.2. The Kier molecular flexibility index (Phi) is 3.85. The molecule has 0 aromatic carbocycles. The Balaban J connectivity index is 1.41. The van der Waals surface area contributed by atoms with Crippen LogP contribution < -0.4 is 10.2 Å². The van der Waals surface area contributed by atoms with Crippen molar-refractivity contribution in [3.63, 3.8) is 0 Å². The van der Waals surface area contributed by atoms with E-state index >= 15 is 0 Å². The van der Waals surface area contributed by atoms with Gasteiger partial charge in [0.15, 0.2) is 5.65 Å². The predicted octanol–water partition coefficient (Wildman–Crippen LogP) is 0.957. The Morgan fingerprint density at radius 3 is 3.00 bits per heavy atom. The maximum absolute atomic E-state index is 12.8. The smallest absolute Gasteiger partial charge is 0.226 e. The summed E-state index contributed by atoms with van der Waals surface area (Å²) in [6.45, 7) is 0.873. The molecule has 0 radical (unpaired) electrons. The van der Waals surface area contributed by atoms with E-state index in [0.717, 1.165) is 54.8 Å². The van der Waals surface area contributed by atoms with Crippen molar-refractivity contribution in [3.05, 3.63) is 30.7 Å². The fourth-order valence-corrected chi connectivity index (χ4v) is 4.96. The SMILES string of the molecule is Cn1cncc1CC(=O)NC12CCCC1N(c1ncnc3c1cnn3C)CC2. The minimum Gasteiger partial charge on any atom is -0.350 e. The topological polar surface area (TPSA) is 93.8 Å². The number of aromatic nitrogens is 6. The van der Waals surface area contributed by atoms with Gasteiger partial charge >= 0.3 is 0 Å². The van der Waals surface area contributed by atoms with Crippen molar-refractivity contribution in [1.82, 2.24) is 34.6 Å². The minimum absolute atomic E-state index is 0.0616. The second-order valence-electron chi connectivity index (χ2n) is 7.93. The highest BCUT2D eigenvalue weighted by atomic mass is 16.1. The Bertz CT molecular complexity index is 1040. The zero-order chi connectivity index (χ0) is 19.3. The van der Waals surface area contributed by atoms with Gasteiger partial charge in [-0.2, -0.15) is 5.10 Å². The molecule has 1 aliphatic carbocycles. The van der Waals surface area contributed by atoms with Crippen LogP contribution in [-0.2, 0) is 25.3 Å². The van der Waals surface area contributed by atoms with Crippen molar-refractivity contribution in [1.29, 1.82) is 0 Å². The molecule has 5 rings (SSSR count). The quantitative estimate of drug-likeness (QED) is 0.725. The molecule has 0 spiro atoms. The second-order valence-corrected chi connectivity index (χ2v) is 7.93. The van der Waals surface area contributed by atoms with E-state index in [9.17, 15) is 4.79 Å². The Hall–Kier alpha value is -2.97. The predicted molar refractivity (Wildman–Crippen MR) is 104 cm³/mol. The van der Waals surface area contributed by atoms with Gasteiger partial charge in [-0.25, -0.2) is 15.0 Å². The van der Waals surface area contributed by atoms with Crippen molar-refractivity contribution >= 4 is 22.8 Å². The van der Waals surface area contributed by atoms with Gasteiger partial charge in [0.25, 0.3) is 0 Å². The summed E-state index contributed by atoms with van der Waals surface area (Å²) < 4.78 is 3.67. The average molecular weight is 380 g/mol. The van der Waals surface area contributed by atoms with Crippen LogP contribution >= 0.6 is 0 Å². The highest BCUT2D eigenvalue weighted by Crippen LogP contribution is 2.44. The van der Waals surface area contributed by atoms with Crippen LogP contribution in [0, 0.1) is 0 Å². The van der Waals surface area contributed by atoms with Gasteiger partial charge in [-0.15, -0.1) is 0 Å². The molecule has 9 heteroatoms. The van der Waals surface area contributed by atoms with Crippen molar-refractivity contribution in [2.24, 2.45) is 14.1 Å². The molecule has 4 heterocycles. The molecule has 1 saturated heterocycles. The van der Waals surface area contributed by atoms with Gasteiger partial charge in [-0.3, -0.25) is 9.48 Å². The lowest BCUT2D eigenvalue weighted by atomic mass is 9.92. The van der Waals surface area contributed by atoms with E-state index in [1.165, 1.54) is 0 Å². The van der Waals surface area contributed by atoms with Crippen molar-refractivity contribution in [2.45, 2.75) is 43.7 Å². The summed E-state index contributed by atoms with van der Waals surface area (Å²) in [5.74, 6) is 0.985. The van der Waals surface area contributed by atoms with E-state index in [2.05, 4.69) is 30.3 Å². The zero-order valence-corrected chi connectivity index (χ0v) is 16.2. The molecule has 1 aliphatic heterocycles. The lowest BCUT2D eigenvalue weighted by Gasteiger charge is -2.34. The summed E-state index contributed by atoms with van der Waals surface area (Å²) in [6.07, 6.45) is 11.4. The van der Waals surface area contributed by atoms with E-state index in [1.54, 1.807) is 23.5 Å². The molecule has 0 bridgehead atoms. The first-order valence-corrected chi connectivity index (χ1v) is 9.73. The molecule has 3 aromatic heterocycles. The van der Waals surface area contributed by atoms with Crippen molar-refractivity contribution in [2.75, 3.05) is 11.4 Å². The summed E-state index contributed by atoms with van der Waals surface area (Å²) >= 11 is 0. The molecule has 2 aliphatic rings. The number of fused-ring (bicyclic) bond motifs is 2. The van der Waals surface area contributed by atoms with Gasteiger partial charge in [0.2, 0.25) is 5.91 Å².